The van der Waals surface area contributed by atoms with Crippen molar-refractivity contribution in [2.24, 2.45) is 0 Å². The summed E-state index contributed by atoms with van der Waals surface area (Å²) in [6.45, 7) is 8.36. The first-order chi connectivity index (χ1) is 22.3. The van der Waals surface area contributed by atoms with Crippen LogP contribution in [0.2, 0.25) is 0 Å². The fourth-order valence-electron chi connectivity index (χ4n) is 6.24. The van der Waals surface area contributed by atoms with Crippen molar-refractivity contribution < 1.29 is 9.31 Å². The van der Waals surface area contributed by atoms with Crippen molar-refractivity contribution in [3.63, 3.8) is 0 Å². The maximum Gasteiger partial charge on any atom is 0.494 e. The average molecular weight is 600 g/mol. The van der Waals surface area contributed by atoms with E-state index < -0.39 is 18.3 Å². The third-order valence-electron chi connectivity index (χ3n) is 9.47. The first kappa shape index (κ1) is 28.4. The molecule has 3 heterocycles. The molecule has 8 rings (SSSR count). The SMILES string of the molecule is CC1(C)OB(c2ccc3c4ccccc4n(-c4ccc(-c5nc(-c6ccccc6)cc(-c6ccccc6)n5)cc4)c3c2)OC1(C)C. The van der Waals surface area contributed by atoms with Crippen LogP contribution in [0.3, 0.4) is 0 Å². The molecule has 0 aliphatic carbocycles. The molecule has 224 valence electrons. The Morgan fingerprint density at radius 3 is 1.67 bits per heavy atom. The van der Waals surface area contributed by atoms with Gasteiger partial charge in [0.25, 0.3) is 0 Å². The highest BCUT2D eigenvalue weighted by atomic mass is 16.7. The van der Waals surface area contributed by atoms with Crippen LogP contribution >= 0.6 is 0 Å². The van der Waals surface area contributed by atoms with Gasteiger partial charge in [-0.3, -0.25) is 0 Å². The zero-order valence-corrected chi connectivity index (χ0v) is 26.4. The second-order valence-electron chi connectivity index (χ2n) is 13.0. The summed E-state index contributed by atoms with van der Waals surface area (Å²) in [5, 5.41) is 2.39. The summed E-state index contributed by atoms with van der Waals surface area (Å²) in [6.07, 6.45) is 0. The van der Waals surface area contributed by atoms with Crippen LogP contribution in [0.4, 0.5) is 0 Å². The molecule has 1 aliphatic rings. The van der Waals surface area contributed by atoms with E-state index in [1.54, 1.807) is 0 Å². The predicted octanol–water partition coefficient (Wildman–Crippen LogP) is 8.87. The van der Waals surface area contributed by atoms with E-state index in [-0.39, 0.29) is 0 Å². The lowest BCUT2D eigenvalue weighted by molar-refractivity contribution is 0.00578. The smallest absolute Gasteiger partial charge is 0.399 e. The average Bonchev–Trinajstić information content (AvgIpc) is 3.53. The summed E-state index contributed by atoms with van der Waals surface area (Å²) in [5.41, 5.74) is 8.36. The fourth-order valence-corrected chi connectivity index (χ4v) is 6.24. The zero-order valence-electron chi connectivity index (χ0n) is 26.4. The van der Waals surface area contributed by atoms with Crippen LogP contribution in [0.1, 0.15) is 27.7 Å². The Bertz CT molecular complexity index is 2130. The van der Waals surface area contributed by atoms with Crippen molar-refractivity contribution in [3.05, 3.63) is 133 Å². The molecular weight excluding hydrogens is 565 g/mol. The van der Waals surface area contributed by atoms with E-state index >= 15 is 0 Å². The molecule has 7 aromatic rings. The molecule has 0 radical (unpaired) electrons. The highest BCUT2D eigenvalue weighted by molar-refractivity contribution is 6.62. The lowest BCUT2D eigenvalue weighted by Crippen LogP contribution is -2.41. The first-order valence-electron chi connectivity index (χ1n) is 15.8. The maximum absolute atomic E-state index is 6.42. The molecule has 0 unspecified atom stereocenters. The van der Waals surface area contributed by atoms with Crippen LogP contribution in [-0.4, -0.2) is 32.9 Å². The monoisotopic (exact) mass is 599 g/mol. The van der Waals surface area contributed by atoms with Gasteiger partial charge in [0.1, 0.15) is 0 Å². The van der Waals surface area contributed by atoms with Gasteiger partial charge in [-0.25, -0.2) is 9.97 Å². The second-order valence-corrected chi connectivity index (χ2v) is 13.0. The lowest BCUT2D eigenvalue weighted by Gasteiger charge is -2.32. The van der Waals surface area contributed by atoms with E-state index in [0.717, 1.165) is 50.3 Å². The van der Waals surface area contributed by atoms with Crippen molar-refractivity contribution in [2.45, 2.75) is 38.9 Å². The standard InChI is InChI=1S/C40H34BN3O2/c1-39(2)40(3,4)46-41(45-39)30-21-24-33-32-17-11-12-18-36(32)44(37(33)25-30)31-22-19-29(20-23-31)38-42-34(27-13-7-5-8-14-27)26-35(43-38)28-15-9-6-10-16-28/h5-26H,1-4H3. The molecule has 0 N–H and O–H groups in total. The van der Waals surface area contributed by atoms with Crippen LogP contribution in [0.25, 0.3) is 61.4 Å². The van der Waals surface area contributed by atoms with E-state index in [1.807, 2.05) is 36.4 Å². The van der Waals surface area contributed by atoms with Crippen molar-refractivity contribution in [2.75, 3.05) is 0 Å². The van der Waals surface area contributed by atoms with Gasteiger partial charge in [0.05, 0.1) is 33.6 Å². The molecule has 5 nitrogen and oxygen atoms in total. The van der Waals surface area contributed by atoms with Gasteiger partial charge in [0.2, 0.25) is 0 Å². The summed E-state index contributed by atoms with van der Waals surface area (Å²) >= 11 is 0. The molecule has 0 saturated carbocycles. The number of nitrogens with zero attached hydrogens (tertiary/aromatic N) is 3. The number of benzene rings is 5. The van der Waals surface area contributed by atoms with Crippen molar-refractivity contribution in [1.29, 1.82) is 0 Å². The molecule has 0 spiro atoms. The Hall–Kier alpha value is -5.04. The Balaban J connectivity index is 1.23. The molecule has 1 fully saturated rings. The summed E-state index contributed by atoms with van der Waals surface area (Å²) in [7, 11) is -0.434. The maximum atomic E-state index is 6.42. The molecule has 0 atom stereocenters. The number of para-hydroxylation sites is 1. The minimum absolute atomic E-state index is 0.407. The Morgan fingerprint density at radius 1 is 0.522 bits per heavy atom. The number of hydrogen-bond acceptors (Lipinski definition) is 4. The van der Waals surface area contributed by atoms with Gasteiger partial charge in [-0.1, -0.05) is 91.0 Å². The normalized spacial score (nSPS) is 15.5. The van der Waals surface area contributed by atoms with Crippen LogP contribution in [0, 0.1) is 0 Å². The van der Waals surface area contributed by atoms with Crippen molar-refractivity contribution in [1.82, 2.24) is 14.5 Å². The van der Waals surface area contributed by atoms with E-state index in [9.17, 15) is 0 Å². The van der Waals surface area contributed by atoms with Crippen LogP contribution < -0.4 is 5.46 Å². The van der Waals surface area contributed by atoms with Gasteiger partial charge < -0.3 is 13.9 Å². The predicted molar refractivity (Wildman–Crippen MR) is 188 cm³/mol. The number of aromatic nitrogens is 3. The molecule has 0 bridgehead atoms. The van der Waals surface area contributed by atoms with E-state index in [0.29, 0.717) is 5.82 Å². The van der Waals surface area contributed by atoms with Crippen molar-refractivity contribution in [3.8, 4) is 39.6 Å². The van der Waals surface area contributed by atoms with Crippen LogP contribution in [-0.2, 0) is 9.31 Å². The second kappa shape index (κ2) is 10.8. The summed E-state index contributed by atoms with van der Waals surface area (Å²) in [6, 6.07) is 46.3. The van der Waals surface area contributed by atoms with Gasteiger partial charge in [-0.15, -0.1) is 0 Å². The topological polar surface area (TPSA) is 49.2 Å². The highest BCUT2D eigenvalue weighted by Crippen LogP contribution is 2.38. The number of fused-ring (bicyclic) bond motifs is 3. The van der Waals surface area contributed by atoms with Gasteiger partial charge in [0, 0.05) is 33.2 Å². The van der Waals surface area contributed by atoms with E-state index in [1.165, 1.54) is 10.8 Å². The quantitative estimate of drug-likeness (QED) is 0.186. The molecule has 1 saturated heterocycles. The molecule has 0 amide bonds. The Kier molecular flexibility index (Phi) is 6.68. The minimum Gasteiger partial charge on any atom is -0.399 e. The highest BCUT2D eigenvalue weighted by Gasteiger charge is 2.51. The first-order valence-corrected chi connectivity index (χ1v) is 15.8. The number of hydrogen-bond donors (Lipinski definition) is 0. The van der Waals surface area contributed by atoms with E-state index in [4.69, 9.17) is 19.3 Å². The summed E-state index contributed by atoms with van der Waals surface area (Å²) < 4.78 is 15.2. The third-order valence-corrected chi connectivity index (χ3v) is 9.47. The lowest BCUT2D eigenvalue weighted by atomic mass is 9.79. The minimum atomic E-state index is -0.434. The van der Waals surface area contributed by atoms with Gasteiger partial charge in [-0.2, -0.15) is 0 Å². The van der Waals surface area contributed by atoms with Gasteiger partial charge in [-0.05, 0) is 75.6 Å². The molecule has 46 heavy (non-hydrogen) atoms. The summed E-state index contributed by atoms with van der Waals surface area (Å²) in [5.74, 6) is 0.692. The fraction of sp³-hybridized carbons (Fsp3) is 0.150. The largest absolute Gasteiger partial charge is 0.494 e. The zero-order chi connectivity index (χ0) is 31.5. The van der Waals surface area contributed by atoms with Crippen LogP contribution in [0.5, 0.6) is 0 Å². The van der Waals surface area contributed by atoms with Crippen LogP contribution in [0.15, 0.2) is 133 Å². The third kappa shape index (κ3) is 4.82. The number of rotatable bonds is 5. The molecule has 1 aliphatic heterocycles. The molecular formula is C40H34BN3O2. The van der Waals surface area contributed by atoms with E-state index in [2.05, 4.69) is 129 Å². The summed E-state index contributed by atoms with van der Waals surface area (Å²) in [4.78, 5) is 10.1. The molecule has 2 aromatic heterocycles. The van der Waals surface area contributed by atoms with Gasteiger partial charge in [0.15, 0.2) is 5.82 Å². The Morgan fingerprint density at radius 2 is 1.07 bits per heavy atom. The van der Waals surface area contributed by atoms with Crippen molar-refractivity contribution >= 4 is 34.4 Å². The van der Waals surface area contributed by atoms with Gasteiger partial charge >= 0.3 is 7.12 Å². The molecule has 6 heteroatoms. The molecule has 5 aromatic carbocycles. The Labute approximate surface area is 269 Å².